The SMILES string of the molecule is CCOC(=O)CN1C2CCC1CC(CN1CCN(C(=O)[C@@H](Cc3cc(Cl)c(N)c(C(F)(F)F)c3)OC(=O)N3CCC(N4CCc5ccccc5NC4=O)CC3)CC1)C2. The molecule has 5 aliphatic heterocycles. The summed E-state index contributed by atoms with van der Waals surface area (Å²) in [5.74, 6) is -0.215. The Balaban J connectivity index is 0.973. The molecule has 5 aliphatic rings. The molecule has 0 spiro atoms. The van der Waals surface area contributed by atoms with E-state index < -0.39 is 35.5 Å². The number of carbonyl (C=O) groups excluding carboxylic acids is 4. The van der Waals surface area contributed by atoms with Crippen LogP contribution in [-0.4, -0.2) is 138 Å². The molecule has 17 heteroatoms. The van der Waals surface area contributed by atoms with Crippen LogP contribution in [-0.2, 0) is 38.1 Å². The summed E-state index contributed by atoms with van der Waals surface area (Å²) in [4.78, 5) is 62.8. The van der Waals surface area contributed by atoms with E-state index in [1.807, 2.05) is 31.2 Å². The highest BCUT2D eigenvalue weighted by atomic mass is 35.5. The molecule has 2 aromatic rings. The van der Waals surface area contributed by atoms with Crippen molar-refractivity contribution in [3.63, 3.8) is 0 Å². The number of para-hydroxylation sites is 1. The van der Waals surface area contributed by atoms with E-state index in [2.05, 4.69) is 15.1 Å². The zero-order valence-electron chi connectivity index (χ0n) is 32.9. The molecule has 2 unspecified atom stereocenters. The van der Waals surface area contributed by atoms with Crippen LogP contribution in [0.15, 0.2) is 36.4 Å². The number of rotatable bonds is 10. The van der Waals surface area contributed by atoms with Gasteiger partial charge in [-0.2, -0.15) is 13.2 Å². The number of hydrogen-bond donors (Lipinski definition) is 2. The predicted octanol–water partition coefficient (Wildman–Crippen LogP) is 5.49. The summed E-state index contributed by atoms with van der Waals surface area (Å²) in [5.41, 5.74) is 5.86. The molecule has 0 aromatic heterocycles. The minimum absolute atomic E-state index is 0.0621. The Kier molecular flexibility index (Phi) is 12.9. The molecule has 5 heterocycles. The third-order valence-electron chi connectivity index (χ3n) is 12.5. The minimum Gasteiger partial charge on any atom is -0.465 e. The van der Waals surface area contributed by atoms with Crippen LogP contribution in [0.25, 0.3) is 0 Å². The monoisotopic (exact) mass is 831 g/mol. The summed E-state index contributed by atoms with van der Waals surface area (Å²) in [6.45, 7) is 6.38. The van der Waals surface area contributed by atoms with E-state index in [1.165, 1.54) is 11.0 Å². The number of alkyl halides is 3. The van der Waals surface area contributed by atoms with Gasteiger partial charge in [-0.25, -0.2) is 9.59 Å². The highest BCUT2D eigenvalue weighted by Crippen LogP contribution is 2.40. The van der Waals surface area contributed by atoms with Crippen molar-refractivity contribution in [3.05, 3.63) is 58.1 Å². The first-order chi connectivity index (χ1) is 27.8. The number of nitrogens with two attached hydrogens (primary N) is 1. The van der Waals surface area contributed by atoms with Crippen LogP contribution in [0.1, 0.15) is 62.1 Å². The van der Waals surface area contributed by atoms with E-state index in [4.69, 9.17) is 26.8 Å². The second kappa shape index (κ2) is 17.9. The van der Waals surface area contributed by atoms with Crippen LogP contribution in [0.3, 0.4) is 0 Å². The maximum Gasteiger partial charge on any atom is 0.418 e. The van der Waals surface area contributed by atoms with Crippen molar-refractivity contribution in [2.75, 3.05) is 76.6 Å². The van der Waals surface area contributed by atoms with Gasteiger partial charge in [-0.3, -0.25) is 19.4 Å². The van der Waals surface area contributed by atoms with E-state index in [1.54, 1.807) is 9.80 Å². The fourth-order valence-electron chi connectivity index (χ4n) is 9.58. The molecule has 4 amide bonds. The Morgan fingerprint density at radius 3 is 2.29 bits per heavy atom. The quantitative estimate of drug-likeness (QED) is 0.235. The first kappa shape index (κ1) is 41.9. The van der Waals surface area contributed by atoms with E-state index >= 15 is 0 Å². The number of urea groups is 1. The van der Waals surface area contributed by atoms with Gasteiger partial charge >= 0.3 is 24.3 Å². The Labute approximate surface area is 341 Å². The molecule has 58 heavy (non-hydrogen) atoms. The normalized spacial score (nSPS) is 23.8. The molecule has 0 saturated carbocycles. The largest absolute Gasteiger partial charge is 0.465 e. The standard InChI is InChI=1S/C41H53ClF3N7O6/c1-2-57-36(53)25-52-30-7-8-31(52)20-27(19-30)24-48-15-17-49(18-16-48)38(54)35(23-26-21-32(41(43,44)45)37(46)33(42)22-26)58-40(56)50-12-10-29(11-13-50)51-14-9-28-5-3-4-6-34(28)47-39(51)55/h3-6,21-22,27,29-31,35H,2,7-20,23-25,46H2,1H3,(H,47,55)/t27?,30?,31?,35-/m1/s1. The summed E-state index contributed by atoms with van der Waals surface area (Å²) >= 11 is 6.15. The number of esters is 1. The van der Waals surface area contributed by atoms with Gasteiger partial charge in [-0.05, 0) is 87.1 Å². The van der Waals surface area contributed by atoms with Gasteiger partial charge in [0, 0.05) is 82.6 Å². The number of benzene rings is 2. The topological polar surface area (TPSA) is 141 Å². The molecule has 4 fully saturated rings. The molecule has 3 N–H and O–H groups in total. The number of ether oxygens (including phenoxy) is 2. The molecular weight excluding hydrogens is 779 g/mol. The fraction of sp³-hybridized carbons (Fsp3) is 0.610. The van der Waals surface area contributed by atoms with Gasteiger partial charge in [0.05, 0.1) is 29.4 Å². The molecule has 2 bridgehead atoms. The number of piperidine rings is 2. The smallest absolute Gasteiger partial charge is 0.418 e. The molecule has 4 saturated heterocycles. The van der Waals surface area contributed by atoms with Gasteiger partial charge < -0.3 is 35.2 Å². The first-order valence-electron chi connectivity index (χ1n) is 20.5. The van der Waals surface area contributed by atoms with Gasteiger partial charge in [0.15, 0.2) is 6.10 Å². The van der Waals surface area contributed by atoms with Gasteiger partial charge in [0.25, 0.3) is 5.91 Å². The Morgan fingerprint density at radius 1 is 0.931 bits per heavy atom. The van der Waals surface area contributed by atoms with Crippen LogP contribution < -0.4 is 11.1 Å². The number of carbonyl (C=O) groups is 4. The summed E-state index contributed by atoms with van der Waals surface area (Å²) in [6, 6.07) is 10.2. The van der Waals surface area contributed by atoms with Crippen molar-refractivity contribution in [2.45, 2.75) is 88.7 Å². The highest BCUT2D eigenvalue weighted by Gasteiger charge is 2.43. The number of nitrogen functional groups attached to an aromatic ring is 1. The van der Waals surface area contributed by atoms with Crippen LogP contribution in [0.4, 0.5) is 34.1 Å². The second-order valence-corrected chi connectivity index (χ2v) is 16.6. The van der Waals surface area contributed by atoms with Crippen LogP contribution >= 0.6 is 11.6 Å². The Hall–Kier alpha value is -4.28. The van der Waals surface area contributed by atoms with Gasteiger partial charge in [0.1, 0.15) is 0 Å². The van der Waals surface area contributed by atoms with E-state index in [0.717, 1.165) is 49.5 Å². The number of likely N-dealkylation sites (tertiary alicyclic amines) is 1. The summed E-state index contributed by atoms with van der Waals surface area (Å²) in [5, 5.41) is 2.68. The number of hydrogen-bond acceptors (Lipinski definition) is 9. The average molecular weight is 832 g/mol. The van der Waals surface area contributed by atoms with E-state index in [9.17, 15) is 32.3 Å². The van der Waals surface area contributed by atoms with Crippen molar-refractivity contribution < 1.29 is 41.8 Å². The van der Waals surface area contributed by atoms with E-state index in [0.29, 0.717) is 83.1 Å². The third kappa shape index (κ3) is 9.60. The van der Waals surface area contributed by atoms with Crippen LogP contribution in [0.5, 0.6) is 0 Å². The average Bonchev–Trinajstić information content (AvgIpc) is 3.32. The molecule has 316 valence electrons. The molecule has 13 nitrogen and oxygen atoms in total. The Morgan fingerprint density at radius 2 is 1.62 bits per heavy atom. The number of amides is 4. The summed E-state index contributed by atoms with van der Waals surface area (Å²) < 4.78 is 52.9. The van der Waals surface area contributed by atoms with Crippen molar-refractivity contribution in [3.8, 4) is 0 Å². The lowest BCUT2D eigenvalue weighted by molar-refractivity contribution is -0.146. The number of nitrogens with zero attached hydrogens (tertiary/aromatic N) is 5. The fourth-order valence-corrected chi connectivity index (χ4v) is 9.83. The predicted molar refractivity (Wildman–Crippen MR) is 211 cm³/mol. The summed E-state index contributed by atoms with van der Waals surface area (Å²) in [7, 11) is 0. The molecule has 2 aromatic carbocycles. The molecule has 7 rings (SSSR count). The molecule has 0 radical (unpaired) electrons. The van der Waals surface area contributed by atoms with Crippen molar-refractivity contribution in [1.29, 1.82) is 0 Å². The lowest BCUT2D eigenvalue weighted by Crippen LogP contribution is -2.55. The third-order valence-corrected chi connectivity index (χ3v) is 12.9. The van der Waals surface area contributed by atoms with E-state index in [-0.39, 0.29) is 48.1 Å². The number of nitrogens with one attached hydrogen (secondary N) is 1. The Bertz CT molecular complexity index is 1820. The van der Waals surface area contributed by atoms with Gasteiger partial charge in [-0.15, -0.1) is 0 Å². The zero-order chi connectivity index (χ0) is 41.1. The lowest BCUT2D eigenvalue weighted by Gasteiger charge is -2.42. The molecule has 3 atom stereocenters. The van der Waals surface area contributed by atoms with Gasteiger partial charge in [-0.1, -0.05) is 29.8 Å². The maximum absolute atomic E-state index is 14.2. The number of fused-ring (bicyclic) bond motifs is 3. The number of piperazine rings is 1. The molecular formula is C41H53ClF3N7O6. The van der Waals surface area contributed by atoms with Crippen molar-refractivity contribution >= 4 is 47.0 Å². The number of halogens is 4. The lowest BCUT2D eigenvalue weighted by atomic mass is 9.90. The number of anilines is 2. The highest BCUT2D eigenvalue weighted by molar-refractivity contribution is 6.33. The van der Waals surface area contributed by atoms with Crippen molar-refractivity contribution in [2.24, 2.45) is 5.92 Å². The second-order valence-electron chi connectivity index (χ2n) is 16.2. The van der Waals surface area contributed by atoms with Crippen LogP contribution in [0.2, 0.25) is 5.02 Å². The summed E-state index contributed by atoms with van der Waals surface area (Å²) in [6.07, 6.45) is -1.47. The maximum atomic E-state index is 14.2. The van der Waals surface area contributed by atoms with Crippen LogP contribution in [0, 0.1) is 5.92 Å². The minimum atomic E-state index is -4.79. The van der Waals surface area contributed by atoms with Gasteiger partial charge in [0.2, 0.25) is 0 Å². The first-order valence-corrected chi connectivity index (χ1v) is 20.8. The zero-order valence-corrected chi connectivity index (χ0v) is 33.6. The molecule has 0 aliphatic carbocycles. The van der Waals surface area contributed by atoms with Crippen molar-refractivity contribution in [1.82, 2.24) is 24.5 Å².